The second kappa shape index (κ2) is 7.12. The van der Waals surface area contributed by atoms with E-state index in [-0.39, 0.29) is 17.7 Å². The topological polar surface area (TPSA) is 123 Å². The van der Waals surface area contributed by atoms with Gasteiger partial charge < -0.3 is 14.3 Å². The minimum atomic E-state index is -0.482. The molecule has 0 aromatic carbocycles. The Kier molecular flexibility index (Phi) is 4.21. The zero-order valence-corrected chi connectivity index (χ0v) is 18.4. The number of hydrogen-bond donors (Lipinski definition) is 1. The number of pyridine rings is 1. The molecule has 12 heteroatoms. The number of nitrogens with one attached hydrogen (secondary N) is 1. The molecule has 1 unspecified atom stereocenters. The molecule has 1 atom stereocenters. The average molecular weight is 494 g/mol. The number of H-pyrrole nitrogens is 1. The van der Waals surface area contributed by atoms with Crippen molar-refractivity contribution in [3.8, 4) is 11.5 Å². The number of aryl methyl sites for hydroxylation is 1. The highest BCUT2D eigenvalue weighted by Gasteiger charge is 2.38. The molecule has 1 N–H and O–H groups in total. The lowest BCUT2D eigenvalue weighted by molar-refractivity contribution is 0.0646. The Bertz CT molecular complexity index is 1460. The lowest BCUT2D eigenvalue weighted by atomic mass is 9.99. The van der Waals surface area contributed by atoms with Crippen LogP contribution in [0.3, 0.4) is 0 Å². The quantitative estimate of drug-likeness (QED) is 0.409. The van der Waals surface area contributed by atoms with Gasteiger partial charge in [0, 0.05) is 42.6 Å². The summed E-state index contributed by atoms with van der Waals surface area (Å²) in [5, 5.41) is 16.8. The first-order valence-electron chi connectivity index (χ1n) is 9.87. The highest BCUT2D eigenvalue weighted by atomic mass is 79.9. The largest absolute Gasteiger partial charge is 0.412 e. The average Bonchev–Trinajstić information content (AvgIpc) is 3.57. The Labute approximate surface area is 189 Å². The van der Waals surface area contributed by atoms with Crippen molar-refractivity contribution in [3.05, 3.63) is 70.6 Å². The van der Waals surface area contributed by atoms with E-state index in [9.17, 15) is 4.79 Å². The molecule has 0 aliphatic carbocycles. The number of hydrogen-bond acceptors (Lipinski definition) is 7. The Morgan fingerprint density at radius 2 is 2.19 bits per heavy atom. The van der Waals surface area contributed by atoms with Crippen molar-refractivity contribution < 1.29 is 9.21 Å². The maximum absolute atomic E-state index is 13.5. The van der Waals surface area contributed by atoms with Gasteiger partial charge in [-0.3, -0.25) is 9.48 Å². The van der Waals surface area contributed by atoms with Crippen molar-refractivity contribution in [2.75, 3.05) is 6.54 Å². The van der Waals surface area contributed by atoms with E-state index in [4.69, 9.17) is 9.52 Å². The molecule has 1 aliphatic rings. The molecule has 5 aromatic heterocycles. The van der Waals surface area contributed by atoms with E-state index >= 15 is 0 Å². The summed E-state index contributed by atoms with van der Waals surface area (Å²) in [6.45, 7) is 0.459. The predicted molar refractivity (Wildman–Crippen MR) is 115 cm³/mol. The summed E-state index contributed by atoms with van der Waals surface area (Å²) in [6, 6.07) is 5.38. The Morgan fingerprint density at radius 1 is 1.28 bits per heavy atom. The van der Waals surface area contributed by atoms with E-state index in [1.807, 2.05) is 24.4 Å². The summed E-state index contributed by atoms with van der Waals surface area (Å²) in [6.07, 6.45) is 7.51. The zero-order chi connectivity index (χ0) is 21.8. The number of aromatic nitrogens is 8. The van der Waals surface area contributed by atoms with Crippen LogP contribution < -0.4 is 0 Å². The van der Waals surface area contributed by atoms with Crippen LogP contribution in [0.5, 0.6) is 0 Å². The maximum Gasteiger partial charge on any atom is 0.312 e. The Hall–Kier alpha value is -3.80. The van der Waals surface area contributed by atoms with Gasteiger partial charge in [0.15, 0.2) is 0 Å². The third-order valence-electron chi connectivity index (χ3n) is 5.47. The van der Waals surface area contributed by atoms with Crippen molar-refractivity contribution in [2.24, 2.45) is 7.05 Å². The van der Waals surface area contributed by atoms with Crippen molar-refractivity contribution in [3.63, 3.8) is 0 Å². The van der Waals surface area contributed by atoms with Gasteiger partial charge in [-0.15, -0.1) is 10.2 Å². The predicted octanol–water partition coefficient (Wildman–Crippen LogP) is 2.39. The first-order chi connectivity index (χ1) is 15.6. The molecular formula is C20H16BrN9O2. The number of nitrogens with zero attached hydrogens (tertiary/aromatic N) is 8. The first-order valence-corrected chi connectivity index (χ1v) is 10.7. The highest BCUT2D eigenvalue weighted by molar-refractivity contribution is 9.10. The molecule has 6 heterocycles. The van der Waals surface area contributed by atoms with Crippen LogP contribution in [-0.4, -0.2) is 56.9 Å². The van der Waals surface area contributed by atoms with Crippen LogP contribution in [0.25, 0.3) is 17.0 Å². The second-order valence-electron chi connectivity index (χ2n) is 7.52. The van der Waals surface area contributed by atoms with Gasteiger partial charge in [-0.1, -0.05) is 0 Å². The van der Waals surface area contributed by atoms with Gasteiger partial charge in [0.1, 0.15) is 6.04 Å². The van der Waals surface area contributed by atoms with Crippen molar-refractivity contribution in [1.29, 1.82) is 0 Å². The number of amides is 1. The van der Waals surface area contributed by atoms with Crippen molar-refractivity contribution in [2.45, 2.75) is 12.5 Å². The van der Waals surface area contributed by atoms with Crippen LogP contribution >= 0.6 is 15.9 Å². The van der Waals surface area contributed by atoms with E-state index in [0.717, 1.165) is 21.4 Å². The molecule has 0 spiro atoms. The van der Waals surface area contributed by atoms with E-state index < -0.39 is 6.04 Å². The van der Waals surface area contributed by atoms with E-state index in [1.54, 1.807) is 39.9 Å². The van der Waals surface area contributed by atoms with Gasteiger partial charge in [-0.05, 0) is 34.1 Å². The molecule has 0 fully saturated rings. The summed E-state index contributed by atoms with van der Waals surface area (Å²) >= 11 is 3.47. The van der Waals surface area contributed by atoms with Gasteiger partial charge >= 0.3 is 11.8 Å². The lowest BCUT2D eigenvalue weighted by Gasteiger charge is -2.32. The molecule has 0 radical (unpaired) electrons. The molecule has 1 amide bonds. The van der Waals surface area contributed by atoms with E-state index in [2.05, 4.69) is 41.2 Å². The van der Waals surface area contributed by atoms with Crippen LogP contribution in [0.15, 0.2) is 52.0 Å². The molecule has 1 aliphatic heterocycles. The highest BCUT2D eigenvalue weighted by Crippen LogP contribution is 2.34. The van der Waals surface area contributed by atoms with Gasteiger partial charge in [0.25, 0.3) is 5.89 Å². The Morgan fingerprint density at radius 3 is 3.03 bits per heavy atom. The summed E-state index contributed by atoms with van der Waals surface area (Å²) in [7, 11) is 1.79. The number of aromatic amines is 1. The monoisotopic (exact) mass is 493 g/mol. The van der Waals surface area contributed by atoms with Crippen LogP contribution in [-0.2, 0) is 13.5 Å². The van der Waals surface area contributed by atoms with Gasteiger partial charge in [-0.25, -0.2) is 9.50 Å². The van der Waals surface area contributed by atoms with E-state index in [0.29, 0.717) is 24.2 Å². The number of fused-ring (bicyclic) bond motifs is 2. The minimum absolute atomic E-state index is 0.0839. The zero-order valence-electron chi connectivity index (χ0n) is 16.8. The fourth-order valence-electron chi connectivity index (χ4n) is 3.99. The number of rotatable bonds is 3. The second-order valence-corrected chi connectivity index (χ2v) is 8.43. The van der Waals surface area contributed by atoms with Crippen LogP contribution in [0, 0.1) is 0 Å². The number of halogens is 1. The van der Waals surface area contributed by atoms with Gasteiger partial charge in [-0.2, -0.15) is 10.2 Å². The van der Waals surface area contributed by atoms with Crippen LogP contribution in [0.2, 0.25) is 0 Å². The van der Waals surface area contributed by atoms with E-state index in [1.165, 1.54) is 0 Å². The Balaban J connectivity index is 1.40. The van der Waals surface area contributed by atoms with Crippen molar-refractivity contribution >= 4 is 27.4 Å². The molecule has 11 nitrogen and oxygen atoms in total. The SMILES string of the molecule is Cn1cc(-c2nnc(C(=O)N3CCc4[nH]cnc4C3c3cc4ccc(Br)cn4n3)o2)cn1. The first kappa shape index (κ1) is 18.9. The van der Waals surface area contributed by atoms with Gasteiger partial charge in [0.2, 0.25) is 0 Å². The molecule has 160 valence electrons. The van der Waals surface area contributed by atoms with Crippen LogP contribution in [0.1, 0.15) is 33.8 Å². The maximum atomic E-state index is 13.5. The molecular weight excluding hydrogens is 478 g/mol. The third-order valence-corrected chi connectivity index (χ3v) is 5.94. The molecule has 5 aromatic rings. The molecule has 32 heavy (non-hydrogen) atoms. The molecule has 0 saturated heterocycles. The molecule has 0 bridgehead atoms. The number of carbonyl (C=O) groups is 1. The standard InChI is InChI=1S/C20H16BrN9O2/c1-28-8-11(7-24-28)18-25-26-19(32-18)20(31)29-5-4-14-16(23-10-22-14)17(29)15-6-13-3-2-12(21)9-30(13)27-15/h2-3,6-10,17H,4-5H2,1H3,(H,22,23). The number of imidazole rings is 1. The summed E-state index contributed by atoms with van der Waals surface area (Å²) in [5.74, 6) is -0.211. The van der Waals surface area contributed by atoms with Crippen molar-refractivity contribution in [1.82, 2.24) is 44.5 Å². The normalized spacial score (nSPS) is 15.9. The minimum Gasteiger partial charge on any atom is -0.412 e. The smallest absolute Gasteiger partial charge is 0.312 e. The summed E-state index contributed by atoms with van der Waals surface area (Å²) in [5.41, 5.74) is 4.01. The van der Waals surface area contributed by atoms with Crippen LogP contribution in [0.4, 0.5) is 0 Å². The summed E-state index contributed by atoms with van der Waals surface area (Å²) < 4.78 is 10.0. The number of carbonyl (C=O) groups excluding carboxylic acids is 1. The fraction of sp³-hybridized carbons (Fsp3) is 0.200. The summed E-state index contributed by atoms with van der Waals surface area (Å²) in [4.78, 5) is 22.8. The fourth-order valence-corrected chi connectivity index (χ4v) is 4.32. The lowest BCUT2D eigenvalue weighted by Crippen LogP contribution is -2.41. The molecule has 6 rings (SSSR count). The van der Waals surface area contributed by atoms with Gasteiger partial charge in [0.05, 0.1) is 35.0 Å². The molecule has 0 saturated carbocycles. The third kappa shape index (κ3) is 3.02.